The van der Waals surface area contributed by atoms with E-state index in [0.717, 1.165) is 0 Å². The van der Waals surface area contributed by atoms with E-state index in [-0.39, 0.29) is 17.4 Å². The monoisotopic (exact) mass is 455 g/mol. The summed E-state index contributed by atoms with van der Waals surface area (Å²) in [5.41, 5.74) is 13.9. The van der Waals surface area contributed by atoms with Gasteiger partial charge in [-0.2, -0.15) is 5.10 Å². The van der Waals surface area contributed by atoms with E-state index < -0.39 is 12.1 Å². The molecule has 0 radical (unpaired) electrons. The molecule has 10 heteroatoms. The quantitative estimate of drug-likeness (QED) is 0.395. The van der Waals surface area contributed by atoms with E-state index in [9.17, 15) is 9.90 Å². The first-order valence-electron chi connectivity index (χ1n) is 10.9. The van der Waals surface area contributed by atoms with Crippen molar-refractivity contribution < 1.29 is 14.4 Å². The zero-order valence-electron chi connectivity index (χ0n) is 20.0. The topological polar surface area (TPSA) is 158 Å². The van der Waals surface area contributed by atoms with Gasteiger partial charge in [-0.1, -0.05) is 25.9 Å². The van der Waals surface area contributed by atoms with Gasteiger partial charge in [0.15, 0.2) is 5.82 Å². The first kappa shape index (κ1) is 24.4. The van der Waals surface area contributed by atoms with Crippen LogP contribution in [0.2, 0.25) is 0 Å². The summed E-state index contributed by atoms with van der Waals surface area (Å²) in [5, 5.41) is 21.2. The number of nitrogens with zero attached hydrogens (tertiary/aromatic N) is 4. The zero-order valence-corrected chi connectivity index (χ0v) is 20.0. The number of carbonyl (C=O) groups excluding carboxylic acids is 1. The molecule has 178 valence electrons. The van der Waals surface area contributed by atoms with E-state index >= 15 is 0 Å². The van der Waals surface area contributed by atoms with Crippen LogP contribution in [0.4, 0.5) is 11.6 Å². The van der Waals surface area contributed by atoms with Crippen LogP contribution in [-0.2, 0) is 11.2 Å². The van der Waals surface area contributed by atoms with E-state index in [0.29, 0.717) is 46.3 Å². The summed E-state index contributed by atoms with van der Waals surface area (Å²) in [7, 11) is 0. The van der Waals surface area contributed by atoms with Gasteiger partial charge in [0, 0.05) is 30.3 Å². The predicted octanol–water partition coefficient (Wildman–Crippen LogP) is 3.38. The van der Waals surface area contributed by atoms with E-state index in [4.69, 9.17) is 16.0 Å². The van der Waals surface area contributed by atoms with E-state index in [1.807, 2.05) is 13.8 Å². The van der Waals surface area contributed by atoms with Gasteiger partial charge in [-0.3, -0.25) is 9.78 Å². The van der Waals surface area contributed by atoms with Crippen LogP contribution in [0.3, 0.4) is 0 Å². The highest BCUT2D eigenvalue weighted by molar-refractivity contribution is 5.94. The second-order valence-corrected chi connectivity index (χ2v) is 9.73. The Balaban J connectivity index is 1.76. The molecule has 0 aliphatic carbocycles. The molecule has 0 aliphatic heterocycles. The molecule has 0 bridgehead atoms. The number of aliphatic hydroxyl groups excluding tert-OH is 1. The summed E-state index contributed by atoms with van der Waals surface area (Å²) in [6.45, 7) is 11.9. The largest absolute Gasteiger partial charge is 0.384 e. The van der Waals surface area contributed by atoms with Gasteiger partial charge in [0.1, 0.15) is 23.5 Å². The minimum absolute atomic E-state index is 0.00681. The summed E-state index contributed by atoms with van der Waals surface area (Å²) in [4.78, 5) is 17.2. The van der Waals surface area contributed by atoms with Crippen molar-refractivity contribution in [1.82, 2.24) is 19.9 Å². The molecule has 0 aromatic carbocycles. The molecular formula is C23H33N7O3. The van der Waals surface area contributed by atoms with Crippen molar-refractivity contribution in [2.24, 2.45) is 11.1 Å². The molecule has 0 fully saturated rings. The van der Waals surface area contributed by atoms with Crippen LogP contribution in [0.5, 0.6) is 0 Å². The Labute approximate surface area is 193 Å². The third-order valence-corrected chi connectivity index (χ3v) is 5.18. The van der Waals surface area contributed by atoms with Crippen molar-refractivity contribution in [1.29, 1.82) is 0 Å². The fourth-order valence-electron chi connectivity index (χ4n) is 3.51. The van der Waals surface area contributed by atoms with Crippen molar-refractivity contribution >= 4 is 17.5 Å². The first-order valence-corrected chi connectivity index (χ1v) is 10.9. The van der Waals surface area contributed by atoms with Crippen LogP contribution in [0.1, 0.15) is 76.7 Å². The fourth-order valence-corrected chi connectivity index (χ4v) is 3.51. The van der Waals surface area contributed by atoms with Gasteiger partial charge in [-0.15, -0.1) is 0 Å². The molecule has 33 heavy (non-hydrogen) atoms. The Morgan fingerprint density at radius 2 is 1.97 bits per heavy atom. The Hall–Kier alpha value is -3.24. The maximum atomic E-state index is 12.7. The average molecular weight is 456 g/mol. The number of nitrogens with one attached hydrogen (secondary N) is 1. The Morgan fingerprint density at radius 1 is 1.27 bits per heavy atom. The Morgan fingerprint density at radius 3 is 2.52 bits per heavy atom. The summed E-state index contributed by atoms with van der Waals surface area (Å²) in [6, 6.07) is 5.25. The van der Waals surface area contributed by atoms with Crippen molar-refractivity contribution in [3.8, 4) is 11.3 Å². The molecule has 3 heterocycles. The number of amides is 1. The highest BCUT2D eigenvalue weighted by Crippen LogP contribution is 2.32. The molecule has 0 aliphatic rings. The van der Waals surface area contributed by atoms with Crippen LogP contribution >= 0.6 is 0 Å². The summed E-state index contributed by atoms with van der Waals surface area (Å²) in [6.07, 6.45) is 1.03. The molecule has 0 spiro atoms. The molecule has 2 unspecified atom stereocenters. The average Bonchev–Trinajstić information content (AvgIpc) is 3.29. The number of pyridine rings is 1. The van der Waals surface area contributed by atoms with Crippen molar-refractivity contribution in [3.05, 3.63) is 41.4 Å². The Bertz CT molecular complexity index is 1110. The third-order valence-electron chi connectivity index (χ3n) is 5.18. The number of hydrogen-bond acceptors (Lipinski definition) is 8. The summed E-state index contributed by atoms with van der Waals surface area (Å²) >= 11 is 0. The van der Waals surface area contributed by atoms with E-state index in [1.165, 1.54) is 0 Å². The number of carbonyl (C=O) groups is 1. The van der Waals surface area contributed by atoms with Gasteiger partial charge < -0.3 is 26.4 Å². The minimum atomic E-state index is -1.28. The molecule has 3 rings (SSSR count). The van der Waals surface area contributed by atoms with Gasteiger partial charge in [0.2, 0.25) is 5.91 Å². The van der Waals surface area contributed by atoms with Crippen molar-refractivity contribution in [2.45, 2.75) is 66.2 Å². The van der Waals surface area contributed by atoms with Crippen molar-refractivity contribution in [3.63, 3.8) is 0 Å². The molecule has 10 nitrogen and oxygen atoms in total. The number of hydrogen-bond donors (Lipinski definition) is 4. The second kappa shape index (κ2) is 9.32. The molecule has 1 amide bonds. The highest BCUT2D eigenvalue weighted by Gasteiger charge is 2.24. The highest BCUT2D eigenvalue weighted by atomic mass is 16.5. The van der Waals surface area contributed by atoms with Gasteiger partial charge in [-0.25, -0.2) is 4.68 Å². The van der Waals surface area contributed by atoms with Crippen LogP contribution in [0, 0.1) is 5.41 Å². The van der Waals surface area contributed by atoms with Crippen molar-refractivity contribution in [2.75, 3.05) is 11.1 Å². The maximum absolute atomic E-state index is 12.7. The van der Waals surface area contributed by atoms with Gasteiger partial charge in [0.25, 0.3) is 0 Å². The fraction of sp³-hybridized carbons (Fsp3) is 0.478. The lowest BCUT2D eigenvalue weighted by Gasteiger charge is -2.14. The summed E-state index contributed by atoms with van der Waals surface area (Å²) in [5.74, 6) is 0.618. The van der Waals surface area contributed by atoms with E-state index in [1.54, 1.807) is 36.0 Å². The lowest BCUT2D eigenvalue weighted by molar-refractivity contribution is -0.117. The normalized spacial score (nSPS) is 13.8. The van der Waals surface area contributed by atoms with Gasteiger partial charge >= 0.3 is 0 Å². The molecule has 3 aromatic rings. The predicted molar refractivity (Wildman–Crippen MR) is 126 cm³/mol. The number of aromatic nitrogens is 4. The smallest absolute Gasteiger partial charge is 0.234 e. The molecule has 0 saturated carbocycles. The number of anilines is 2. The SMILES string of the molecule is CC(C(=O)Nc1cc(CC(C)(C)C)on1)c1ccc(-c2nn(C(C)C)c(N)c2C(N)O)cn1. The maximum Gasteiger partial charge on any atom is 0.234 e. The number of rotatable bonds is 7. The molecule has 3 aromatic heterocycles. The van der Waals surface area contributed by atoms with Gasteiger partial charge in [0.05, 0.1) is 17.2 Å². The number of nitrogen functional groups attached to an aromatic ring is 1. The lowest BCUT2D eigenvalue weighted by atomic mass is 9.91. The first-order chi connectivity index (χ1) is 15.4. The third kappa shape index (κ3) is 5.58. The summed E-state index contributed by atoms with van der Waals surface area (Å²) < 4.78 is 6.93. The molecule has 6 N–H and O–H groups in total. The van der Waals surface area contributed by atoms with E-state index in [2.05, 4.69) is 41.3 Å². The Kier molecular flexibility index (Phi) is 6.89. The van der Waals surface area contributed by atoms with Gasteiger partial charge in [-0.05, 0) is 38.3 Å². The minimum Gasteiger partial charge on any atom is -0.384 e. The standard InChI is InChI=1S/C23H33N7O3/c1-12(2)30-20(24)18(21(25)31)19(28-30)14-7-8-16(26-11-14)13(3)22(32)27-17-9-15(33-29-17)10-23(4,5)6/h7-9,11-13,21,31H,10,24-25H2,1-6H3,(H,27,29,32). The number of aliphatic hydroxyl groups is 1. The molecule has 2 atom stereocenters. The van der Waals surface area contributed by atoms with Crippen LogP contribution < -0.4 is 16.8 Å². The molecule has 0 saturated heterocycles. The van der Waals surface area contributed by atoms with Crippen LogP contribution in [0.15, 0.2) is 28.9 Å². The van der Waals surface area contributed by atoms with Crippen LogP contribution in [-0.4, -0.2) is 30.9 Å². The molecular weight excluding hydrogens is 422 g/mol. The number of nitrogens with two attached hydrogens (primary N) is 2. The zero-order chi connectivity index (χ0) is 24.5. The second-order valence-electron chi connectivity index (χ2n) is 9.73. The lowest BCUT2D eigenvalue weighted by Crippen LogP contribution is -2.19. The van der Waals surface area contributed by atoms with Crippen LogP contribution in [0.25, 0.3) is 11.3 Å².